The highest BCUT2D eigenvalue weighted by Crippen LogP contribution is 2.18. The van der Waals surface area contributed by atoms with Crippen LogP contribution in [-0.2, 0) is 19.1 Å². The third-order valence-electron chi connectivity index (χ3n) is 2.62. The first-order valence-electron chi connectivity index (χ1n) is 5.15. The molecule has 5 nitrogen and oxygen atoms in total. The number of rotatable bonds is 4. The molecular formula is C9H17NO4S2. The van der Waals surface area contributed by atoms with Gasteiger partial charge in [-0.25, -0.2) is 0 Å². The number of likely N-dealkylation sites (tertiary alicyclic amines) is 1. The molecular weight excluding hydrogens is 250 g/mol. The number of nitrogens with zero attached hydrogens (tertiary/aromatic N) is 1. The van der Waals surface area contributed by atoms with E-state index >= 15 is 0 Å². The van der Waals surface area contributed by atoms with Crippen molar-refractivity contribution in [3.63, 3.8) is 0 Å². The maximum Gasteiger partial charge on any atom is 0.264 e. The molecule has 16 heavy (non-hydrogen) atoms. The van der Waals surface area contributed by atoms with Gasteiger partial charge in [-0.05, 0) is 18.8 Å². The van der Waals surface area contributed by atoms with Gasteiger partial charge in [-0.2, -0.15) is 21.0 Å². The molecule has 0 radical (unpaired) electrons. The second-order valence-electron chi connectivity index (χ2n) is 3.97. The first-order chi connectivity index (χ1) is 7.42. The summed E-state index contributed by atoms with van der Waals surface area (Å²) in [5.41, 5.74) is 0. The van der Waals surface area contributed by atoms with Gasteiger partial charge in [0.05, 0.1) is 18.6 Å². The quantitative estimate of drug-likeness (QED) is 0.581. The van der Waals surface area contributed by atoms with Crippen molar-refractivity contribution in [1.82, 2.24) is 4.90 Å². The van der Waals surface area contributed by atoms with Crippen molar-refractivity contribution >= 4 is 28.7 Å². The van der Waals surface area contributed by atoms with E-state index in [0.717, 1.165) is 19.1 Å². The fraction of sp³-hybridized carbons (Fsp3) is 0.889. The lowest BCUT2D eigenvalue weighted by molar-refractivity contribution is -0.129. The molecule has 0 unspecified atom stereocenters. The van der Waals surface area contributed by atoms with E-state index in [1.54, 1.807) is 4.90 Å². The van der Waals surface area contributed by atoms with Gasteiger partial charge in [0.15, 0.2) is 0 Å². The summed E-state index contributed by atoms with van der Waals surface area (Å²) in [5.74, 6) is 0.481. The smallest absolute Gasteiger partial charge is 0.264 e. The lowest BCUT2D eigenvalue weighted by Gasteiger charge is -2.31. The topological polar surface area (TPSA) is 63.7 Å². The zero-order valence-corrected chi connectivity index (χ0v) is 11.0. The van der Waals surface area contributed by atoms with Crippen LogP contribution in [0.4, 0.5) is 0 Å². The SMILES string of the molecule is CS(=O)(=O)OCC1CCN(C(=O)CS)CC1. The molecule has 0 atom stereocenters. The summed E-state index contributed by atoms with van der Waals surface area (Å²) in [5, 5.41) is 0. The highest BCUT2D eigenvalue weighted by molar-refractivity contribution is 7.86. The van der Waals surface area contributed by atoms with E-state index in [1.807, 2.05) is 0 Å². The van der Waals surface area contributed by atoms with Gasteiger partial charge in [-0.3, -0.25) is 8.98 Å². The van der Waals surface area contributed by atoms with E-state index in [-0.39, 0.29) is 24.2 Å². The lowest BCUT2D eigenvalue weighted by Crippen LogP contribution is -2.40. The fourth-order valence-electron chi connectivity index (χ4n) is 1.67. The van der Waals surface area contributed by atoms with Crippen molar-refractivity contribution < 1.29 is 17.4 Å². The molecule has 1 amide bonds. The van der Waals surface area contributed by atoms with Crippen LogP contribution in [0.2, 0.25) is 0 Å². The van der Waals surface area contributed by atoms with Gasteiger partial charge in [0.2, 0.25) is 5.91 Å². The molecule has 0 aromatic rings. The maximum absolute atomic E-state index is 11.3. The number of thiol groups is 1. The molecule has 1 aliphatic rings. The van der Waals surface area contributed by atoms with E-state index in [4.69, 9.17) is 4.18 Å². The Labute approximate surface area is 102 Å². The number of amides is 1. The Morgan fingerprint density at radius 1 is 1.44 bits per heavy atom. The van der Waals surface area contributed by atoms with E-state index in [2.05, 4.69) is 12.6 Å². The van der Waals surface area contributed by atoms with Gasteiger partial charge < -0.3 is 4.90 Å². The Morgan fingerprint density at radius 2 is 2.00 bits per heavy atom. The largest absolute Gasteiger partial charge is 0.342 e. The summed E-state index contributed by atoms with van der Waals surface area (Å²) >= 11 is 3.93. The van der Waals surface area contributed by atoms with Gasteiger partial charge in [0.1, 0.15) is 0 Å². The molecule has 1 fully saturated rings. The second kappa shape index (κ2) is 5.88. The molecule has 0 aromatic carbocycles. The van der Waals surface area contributed by atoms with Gasteiger partial charge in [0, 0.05) is 13.1 Å². The van der Waals surface area contributed by atoms with E-state index in [9.17, 15) is 13.2 Å². The molecule has 1 rings (SSSR count). The number of piperidine rings is 1. The first kappa shape index (κ1) is 13.8. The van der Waals surface area contributed by atoms with Crippen molar-refractivity contribution in [2.24, 2.45) is 5.92 Å². The van der Waals surface area contributed by atoms with Crippen LogP contribution in [0.1, 0.15) is 12.8 Å². The Kier molecular flexibility index (Phi) is 5.07. The molecule has 0 aromatic heterocycles. The number of hydrogen-bond acceptors (Lipinski definition) is 5. The van der Waals surface area contributed by atoms with Crippen LogP contribution in [0.3, 0.4) is 0 Å². The van der Waals surface area contributed by atoms with Crippen LogP contribution in [0.15, 0.2) is 0 Å². The summed E-state index contributed by atoms with van der Waals surface area (Å²) < 4.78 is 26.3. The molecule has 7 heteroatoms. The standard InChI is InChI=1S/C9H17NO4S2/c1-16(12,13)14-6-8-2-4-10(5-3-8)9(11)7-15/h8,15H,2-7H2,1H3. The molecule has 0 N–H and O–H groups in total. The zero-order valence-electron chi connectivity index (χ0n) is 9.26. The van der Waals surface area contributed by atoms with Crippen LogP contribution in [0.5, 0.6) is 0 Å². The Hall–Kier alpha value is -0.270. The van der Waals surface area contributed by atoms with Crippen molar-refractivity contribution in [3.05, 3.63) is 0 Å². The highest BCUT2D eigenvalue weighted by Gasteiger charge is 2.22. The normalized spacial score (nSPS) is 18.8. The maximum atomic E-state index is 11.3. The predicted octanol–water partition coefficient (Wildman–Crippen LogP) is 0.131. The Balaban J connectivity index is 2.30. The van der Waals surface area contributed by atoms with Crippen LogP contribution >= 0.6 is 12.6 Å². The second-order valence-corrected chi connectivity index (χ2v) is 5.93. The fourth-order valence-corrected chi connectivity index (χ4v) is 2.31. The predicted molar refractivity (Wildman–Crippen MR) is 64.0 cm³/mol. The zero-order chi connectivity index (χ0) is 12.2. The molecule has 1 heterocycles. The third kappa shape index (κ3) is 4.71. The van der Waals surface area contributed by atoms with Crippen LogP contribution in [-0.4, -0.2) is 50.9 Å². The van der Waals surface area contributed by atoms with Crippen LogP contribution in [0.25, 0.3) is 0 Å². The van der Waals surface area contributed by atoms with Gasteiger partial charge in [0.25, 0.3) is 10.1 Å². The first-order valence-corrected chi connectivity index (χ1v) is 7.60. The molecule has 0 saturated carbocycles. The van der Waals surface area contributed by atoms with Crippen LogP contribution < -0.4 is 0 Å². The van der Waals surface area contributed by atoms with Crippen molar-refractivity contribution in [3.8, 4) is 0 Å². The van der Waals surface area contributed by atoms with E-state index < -0.39 is 10.1 Å². The summed E-state index contributed by atoms with van der Waals surface area (Å²) in [4.78, 5) is 13.1. The Bertz CT molecular complexity index is 333. The molecule has 1 aliphatic heterocycles. The monoisotopic (exact) mass is 267 g/mol. The summed E-state index contributed by atoms with van der Waals surface area (Å²) in [6.07, 6.45) is 2.62. The number of hydrogen-bond donors (Lipinski definition) is 1. The molecule has 0 spiro atoms. The summed E-state index contributed by atoms with van der Waals surface area (Å²) in [6, 6.07) is 0. The average molecular weight is 267 g/mol. The minimum absolute atomic E-state index is 0.0332. The van der Waals surface area contributed by atoms with E-state index in [1.165, 1.54) is 0 Å². The minimum Gasteiger partial charge on any atom is -0.342 e. The molecule has 0 bridgehead atoms. The number of carbonyl (C=O) groups excluding carboxylic acids is 1. The van der Waals surface area contributed by atoms with Crippen LogP contribution in [0, 0.1) is 5.92 Å². The van der Waals surface area contributed by atoms with Crippen molar-refractivity contribution in [1.29, 1.82) is 0 Å². The molecule has 0 aliphatic carbocycles. The highest BCUT2D eigenvalue weighted by atomic mass is 32.2. The van der Waals surface area contributed by atoms with Crippen molar-refractivity contribution in [2.75, 3.05) is 31.7 Å². The van der Waals surface area contributed by atoms with E-state index in [0.29, 0.717) is 13.1 Å². The number of carbonyl (C=O) groups is 1. The summed E-state index contributed by atoms with van der Waals surface area (Å²) in [6.45, 7) is 1.55. The third-order valence-corrected chi connectivity index (χ3v) is 3.46. The van der Waals surface area contributed by atoms with Gasteiger partial charge >= 0.3 is 0 Å². The summed E-state index contributed by atoms with van der Waals surface area (Å²) in [7, 11) is -3.35. The van der Waals surface area contributed by atoms with Gasteiger partial charge in [-0.1, -0.05) is 0 Å². The molecule has 94 valence electrons. The van der Waals surface area contributed by atoms with Crippen molar-refractivity contribution in [2.45, 2.75) is 12.8 Å². The molecule has 1 saturated heterocycles. The van der Waals surface area contributed by atoms with Gasteiger partial charge in [-0.15, -0.1) is 0 Å². The minimum atomic E-state index is -3.35. The Morgan fingerprint density at radius 3 is 2.44 bits per heavy atom. The average Bonchev–Trinajstić information content (AvgIpc) is 2.25. The lowest BCUT2D eigenvalue weighted by atomic mass is 9.98.